The Morgan fingerprint density at radius 3 is 2.85 bits per heavy atom. The van der Waals surface area contributed by atoms with E-state index in [0.717, 1.165) is 5.92 Å². The monoisotopic (exact) mass is 260 g/mol. The molecule has 2 unspecified atom stereocenters. The van der Waals surface area contributed by atoms with E-state index in [0.29, 0.717) is 4.83 Å². The zero-order valence-corrected chi connectivity index (χ0v) is 10.7. The standard InChI is InChI=1S/C11H17BrS/c1-3-9(2)6-11(12)7-10-4-5-13-8-10/h4-5,8-9,11H,3,6-7H2,1-2H3. The van der Waals surface area contributed by atoms with Crippen LogP contribution < -0.4 is 0 Å². The molecular formula is C11H17BrS. The zero-order valence-electron chi connectivity index (χ0n) is 8.29. The molecule has 2 atom stereocenters. The number of thiophene rings is 1. The number of hydrogen-bond acceptors (Lipinski definition) is 1. The summed E-state index contributed by atoms with van der Waals surface area (Å²) in [5, 5.41) is 4.39. The first-order valence-electron chi connectivity index (χ1n) is 4.87. The van der Waals surface area contributed by atoms with Crippen LogP contribution in [0.15, 0.2) is 16.8 Å². The highest BCUT2D eigenvalue weighted by atomic mass is 79.9. The third-order valence-electron chi connectivity index (χ3n) is 2.39. The second-order valence-electron chi connectivity index (χ2n) is 3.68. The fourth-order valence-corrected chi connectivity index (χ4v) is 3.04. The van der Waals surface area contributed by atoms with E-state index in [-0.39, 0.29) is 0 Å². The van der Waals surface area contributed by atoms with Crippen molar-refractivity contribution in [2.75, 3.05) is 0 Å². The fraction of sp³-hybridized carbons (Fsp3) is 0.636. The molecule has 0 spiro atoms. The van der Waals surface area contributed by atoms with Crippen LogP contribution in [0.2, 0.25) is 0 Å². The maximum Gasteiger partial charge on any atom is 0.0189 e. The van der Waals surface area contributed by atoms with Crippen molar-refractivity contribution >= 4 is 27.3 Å². The zero-order chi connectivity index (χ0) is 9.68. The summed E-state index contributed by atoms with van der Waals surface area (Å²) < 4.78 is 0. The molecule has 1 aromatic heterocycles. The van der Waals surface area contributed by atoms with Crippen molar-refractivity contribution in [3.63, 3.8) is 0 Å². The highest BCUT2D eigenvalue weighted by molar-refractivity contribution is 9.09. The third kappa shape index (κ3) is 4.28. The van der Waals surface area contributed by atoms with Crippen molar-refractivity contribution < 1.29 is 0 Å². The fourth-order valence-electron chi connectivity index (χ4n) is 1.35. The first-order chi connectivity index (χ1) is 6.22. The molecule has 0 radical (unpaired) electrons. The first-order valence-corrected chi connectivity index (χ1v) is 6.73. The Kier molecular flexibility index (Phi) is 5.04. The average Bonchev–Trinajstić information content (AvgIpc) is 2.56. The first kappa shape index (κ1) is 11.3. The van der Waals surface area contributed by atoms with E-state index in [1.54, 1.807) is 11.3 Å². The molecule has 13 heavy (non-hydrogen) atoms. The summed E-state index contributed by atoms with van der Waals surface area (Å²) >= 11 is 5.53. The lowest BCUT2D eigenvalue weighted by atomic mass is 10.00. The van der Waals surface area contributed by atoms with Gasteiger partial charge in [0.2, 0.25) is 0 Å². The molecule has 0 bridgehead atoms. The predicted molar refractivity (Wildman–Crippen MR) is 64.8 cm³/mol. The van der Waals surface area contributed by atoms with Crippen molar-refractivity contribution in [3.8, 4) is 0 Å². The lowest BCUT2D eigenvalue weighted by Gasteiger charge is -2.13. The van der Waals surface area contributed by atoms with E-state index < -0.39 is 0 Å². The van der Waals surface area contributed by atoms with E-state index in [9.17, 15) is 0 Å². The normalized spacial score (nSPS) is 15.6. The average molecular weight is 261 g/mol. The van der Waals surface area contributed by atoms with Gasteiger partial charge in [-0.3, -0.25) is 0 Å². The third-order valence-corrected chi connectivity index (χ3v) is 3.82. The summed E-state index contributed by atoms with van der Waals surface area (Å²) in [4.78, 5) is 0.650. The molecule has 0 saturated carbocycles. The summed E-state index contributed by atoms with van der Waals surface area (Å²) in [6.45, 7) is 4.58. The van der Waals surface area contributed by atoms with Crippen molar-refractivity contribution in [2.45, 2.75) is 37.9 Å². The Labute approximate surface area is 93.5 Å². The maximum atomic E-state index is 3.75. The Hall–Kier alpha value is 0.180. The van der Waals surface area contributed by atoms with Crippen LogP contribution >= 0.6 is 27.3 Å². The van der Waals surface area contributed by atoms with Gasteiger partial charge in [0.25, 0.3) is 0 Å². The minimum atomic E-state index is 0.650. The van der Waals surface area contributed by atoms with Crippen LogP contribution in [-0.4, -0.2) is 4.83 Å². The minimum Gasteiger partial charge on any atom is -0.152 e. The molecule has 0 saturated heterocycles. The quantitative estimate of drug-likeness (QED) is 0.685. The van der Waals surface area contributed by atoms with E-state index >= 15 is 0 Å². The van der Waals surface area contributed by atoms with E-state index in [1.807, 2.05) is 0 Å². The molecule has 74 valence electrons. The van der Waals surface area contributed by atoms with Gasteiger partial charge in [0.15, 0.2) is 0 Å². The lowest BCUT2D eigenvalue weighted by molar-refractivity contribution is 0.507. The molecule has 1 rings (SSSR count). The summed E-state index contributed by atoms with van der Waals surface area (Å²) in [7, 11) is 0. The van der Waals surface area contributed by atoms with Crippen LogP contribution in [0.25, 0.3) is 0 Å². The van der Waals surface area contributed by atoms with Crippen LogP contribution in [0, 0.1) is 5.92 Å². The molecule has 0 nitrogen and oxygen atoms in total. The Balaban J connectivity index is 2.29. The largest absolute Gasteiger partial charge is 0.152 e. The second kappa shape index (κ2) is 5.82. The Morgan fingerprint density at radius 2 is 2.31 bits per heavy atom. The molecule has 0 aromatic carbocycles. The van der Waals surface area contributed by atoms with Crippen LogP contribution in [0.1, 0.15) is 32.3 Å². The summed E-state index contributed by atoms with van der Waals surface area (Å²) in [6, 6.07) is 2.22. The van der Waals surface area contributed by atoms with Gasteiger partial charge < -0.3 is 0 Å². The van der Waals surface area contributed by atoms with Crippen LogP contribution in [0.3, 0.4) is 0 Å². The van der Waals surface area contributed by atoms with Crippen molar-refractivity contribution in [1.82, 2.24) is 0 Å². The number of rotatable bonds is 5. The van der Waals surface area contributed by atoms with Crippen LogP contribution in [-0.2, 0) is 6.42 Å². The van der Waals surface area contributed by atoms with Crippen LogP contribution in [0.5, 0.6) is 0 Å². The number of alkyl halides is 1. The van der Waals surface area contributed by atoms with Gasteiger partial charge in [-0.25, -0.2) is 0 Å². The van der Waals surface area contributed by atoms with Crippen LogP contribution in [0.4, 0.5) is 0 Å². The minimum absolute atomic E-state index is 0.650. The second-order valence-corrected chi connectivity index (χ2v) is 5.76. The molecule has 0 fully saturated rings. The van der Waals surface area contributed by atoms with E-state index in [2.05, 4.69) is 46.6 Å². The van der Waals surface area contributed by atoms with Gasteiger partial charge in [0.05, 0.1) is 0 Å². The number of halogens is 1. The van der Waals surface area contributed by atoms with Crippen molar-refractivity contribution in [2.24, 2.45) is 5.92 Å². The van der Waals surface area contributed by atoms with E-state index in [1.165, 1.54) is 24.8 Å². The smallest absolute Gasteiger partial charge is 0.0189 e. The predicted octanol–water partition coefficient (Wildman–Crippen LogP) is 4.49. The molecule has 0 aliphatic carbocycles. The molecule has 0 aliphatic rings. The molecule has 2 heteroatoms. The lowest BCUT2D eigenvalue weighted by Crippen LogP contribution is -2.07. The summed E-state index contributed by atoms with van der Waals surface area (Å²) in [6.07, 6.45) is 3.74. The van der Waals surface area contributed by atoms with Gasteiger partial charge >= 0.3 is 0 Å². The Bertz CT molecular complexity index is 218. The molecule has 1 heterocycles. The van der Waals surface area contributed by atoms with E-state index in [4.69, 9.17) is 0 Å². The summed E-state index contributed by atoms with van der Waals surface area (Å²) in [5.41, 5.74) is 1.47. The maximum absolute atomic E-state index is 3.75. The SMILES string of the molecule is CCC(C)CC(Br)Cc1ccsc1. The topological polar surface area (TPSA) is 0 Å². The van der Waals surface area contributed by atoms with Gasteiger partial charge in [0, 0.05) is 4.83 Å². The highest BCUT2D eigenvalue weighted by Crippen LogP contribution is 2.20. The highest BCUT2D eigenvalue weighted by Gasteiger charge is 2.09. The van der Waals surface area contributed by atoms with Gasteiger partial charge in [-0.15, -0.1) is 0 Å². The molecule has 0 N–H and O–H groups in total. The van der Waals surface area contributed by atoms with Crippen molar-refractivity contribution in [3.05, 3.63) is 22.4 Å². The van der Waals surface area contributed by atoms with Crippen molar-refractivity contribution in [1.29, 1.82) is 0 Å². The molecule has 1 aromatic rings. The van der Waals surface area contributed by atoms with Gasteiger partial charge in [-0.2, -0.15) is 11.3 Å². The molecular weight excluding hydrogens is 244 g/mol. The molecule has 0 aliphatic heterocycles. The van der Waals surface area contributed by atoms with Gasteiger partial charge in [0.1, 0.15) is 0 Å². The van der Waals surface area contributed by atoms with Gasteiger partial charge in [-0.1, -0.05) is 36.2 Å². The van der Waals surface area contributed by atoms with Gasteiger partial charge in [-0.05, 0) is 41.1 Å². The molecule has 0 amide bonds. The Morgan fingerprint density at radius 1 is 1.54 bits per heavy atom. The summed E-state index contributed by atoms with van der Waals surface area (Å²) in [5.74, 6) is 0.836. The number of hydrogen-bond donors (Lipinski definition) is 0.